The molecule has 2 rings (SSSR count). The zero-order chi connectivity index (χ0) is 11.8. The van der Waals surface area contributed by atoms with Gasteiger partial charge in [-0.05, 0) is 57.4 Å². The molecule has 1 aliphatic carbocycles. The fourth-order valence-electron chi connectivity index (χ4n) is 2.37. The lowest BCUT2D eigenvalue weighted by Gasteiger charge is -2.32. The highest BCUT2D eigenvalue weighted by Gasteiger charge is 2.25. The van der Waals surface area contributed by atoms with Crippen LogP contribution in [0.1, 0.15) is 37.0 Å². The zero-order valence-corrected chi connectivity index (χ0v) is 10.7. The molecule has 16 heavy (non-hydrogen) atoms. The number of likely N-dealkylation sites (N-methyl/N-ethyl adjacent to an activating group) is 1. The van der Waals surface area contributed by atoms with E-state index in [-0.39, 0.29) is 5.54 Å². The predicted molar refractivity (Wildman–Crippen MR) is 70.6 cm³/mol. The van der Waals surface area contributed by atoms with Gasteiger partial charge in [0.15, 0.2) is 0 Å². The van der Waals surface area contributed by atoms with E-state index in [1.54, 1.807) is 0 Å². The van der Waals surface area contributed by atoms with E-state index in [1.165, 1.54) is 28.7 Å². The molecule has 0 aromatic heterocycles. The highest BCUT2D eigenvalue weighted by molar-refractivity contribution is 5.76. The minimum atomic E-state index is 0.0585. The van der Waals surface area contributed by atoms with Crippen molar-refractivity contribution in [2.45, 2.75) is 39.2 Å². The number of fused-ring (bicyclic) bond motifs is 1. The van der Waals surface area contributed by atoms with Crippen LogP contribution >= 0.6 is 0 Å². The Morgan fingerprint density at radius 2 is 2.00 bits per heavy atom. The average molecular weight is 215 g/mol. The average Bonchev–Trinajstić information content (AvgIpc) is 2.28. The third kappa shape index (κ3) is 1.92. The van der Waals surface area contributed by atoms with Gasteiger partial charge in [-0.15, -0.1) is 0 Å². The normalized spacial score (nSPS) is 15.6. The summed E-state index contributed by atoms with van der Waals surface area (Å²) in [7, 11) is 2.03. The summed E-state index contributed by atoms with van der Waals surface area (Å²) in [5.74, 6) is 0. The van der Waals surface area contributed by atoms with E-state index >= 15 is 0 Å². The van der Waals surface area contributed by atoms with Gasteiger partial charge in [0.25, 0.3) is 0 Å². The highest BCUT2D eigenvalue weighted by atomic mass is 14.9. The maximum atomic E-state index is 3.40. The van der Waals surface area contributed by atoms with Crippen LogP contribution in [0.4, 0.5) is 0 Å². The first kappa shape index (κ1) is 11.4. The second kappa shape index (κ2) is 4.06. The van der Waals surface area contributed by atoms with E-state index < -0.39 is 0 Å². The van der Waals surface area contributed by atoms with E-state index in [1.807, 2.05) is 7.05 Å². The second-order valence-electron chi connectivity index (χ2n) is 5.19. The molecule has 0 spiro atoms. The molecular weight excluding hydrogens is 194 g/mol. The summed E-state index contributed by atoms with van der Waals surface area (Å²) in [6.07, 6.45) is 4.73. The Morgan fingerprint density at radius 3 is 2.69 bits per heavy atom. The number of rotatable bonds is 2. The van der Waals surface area contributed by atoms with Crippen LogP contribution in [0.5, 0.6) is 0 Å². The standard InChI is InChI=1S/C15H21N/c1-11-8-9-12-6-5-7-14(13(12)10-11)15(2,3)16-4/h7-10,16H,5-6H2,1-4H3. The van der Waals surface area contributed by atoms with Crippen LogP contribution in [0.3, 0.4) is 0 Å². The molecule has 1 nitrogen and oxygen atoms in total. The fraction of sp³-hybridized carbons (Fsp3) is 0.467. The number of benzene rings is 1. The topological polar surface area (TPSA) is 12.0 Å². The van der Waals surface area contributed by atoms with Gasteiger partial charge in [-0.2, -0.15) is 0 Å². The number of nitrogens with one attached hydrogen (secondary N) is 1. The molecule has 1 aromatic rings. The Morgan fingerprint density at radius 1 is 1.25 bits per heavy atom. The van der Waals surface area contributed by atoms with E-state index in [0.29, 0.717) is 0 Å². The van der Waals surface area contributed by atoms with E-state index in [9.17, 15) is 0 Å². The highest BCUT2D eigenvalue weighted by Crippen LogP contribution is 2.34. The molecule has 86 valence electrons. The first-order chi connectivity index (χ1) is 7.54. The molecule has 0 heterocycles. The second-order valence-corrected chi connectivity index (χ2v) is 5.19. The van der Waals surface area contributed by atoms with Crippen LogP contribution < -0.4 is 5.32 Å². The Kier molecular flexibility index (Phi) is 2.90. The van der Waals surface area contributed by atoms with Gasteiger partial charge in [0, 0.05) is 5.54 Å². The molecule has 0 saturated heterocycles. The van der Waals surface area contributed by atoms with Gasteiger partial charge in [-0.1, -0.05) is 29.8 Å². The summed E-state index contributed by atoms with van der Waals surface area (Å²) in [4.78, 5) is 0. The molecule has 0 aliphatic heterocycles. The van der Waals surface area contributed by atoms with Gasteiger partial charge >= 0.3 is 0 Å². The van der Waals surface area contributed by atoms with Crippen molar-refractivity contribution >= 4 is 5.57 Å². The van der Waals surface area contributed by atoms with Crippen molar-refractivity contribution in [3.63, 3.8) is 0 Å². The van der Waals surface area contributed by atoms with Crippen molar-refractivity contribution in [3.8, 4) is 0 Å². The summed E-state index contributed by atoms with van der Waals surface area (Å²) < 4.78 is 0. The molecule has 0 unspecified atom stereocenters. The van der Waals surface area contributed by atoms with Gasteiger partial charge in [0.05, 0.1) is 0 Å². The van der Waals surface area contributed by atoms with Crippen molar-refractivity contribution in [3.05, 3.63) is 41.0 Å². The molecule has 0 fully saturated rings. The first-order valence-corrected chi connectivity index (χ1v) is 6.04. The van der Waals surface area contributed by atoms with Crippen LogP contribution in [0.15, 0.2) is 24.3 Å². The monoisotopic (exact) mass is 215 g/mol. The Bertz CT molecular complexity index is 427. The van der Waals surface area contributed by atoms with Gasteiger partial charge in [0.1, 0.15) is 0 Å². The fourth-order valence-corrected chi connectivity index (χ4v) is 2.37. The lowest BCUT2D eigenvalue weighted by atomic mass is 9.80. The number of hydrogen-bond acceptors (Lipinski definition) is 1. The van der Waals surface area contributed by atoms with Crippen molar-refractivity contribution < 1.29 is 0 Å². The van der Waals surface area contributed by atoms with Gasteiger partial charge < -0.3 is 5.32 Å². The minimum Gasteiger partial charge on any atom is -0.311 e. The summed E-state index contributed by atoms with van der Waals surface area (Å²) in [6.45, 7) is 6.66. The maximum Gasteiger partial charge on any atom is 0.0377 e. The lowest BCUT2D eigenvalue weighted by Crippen LogP contribution is -2.38. The van der Waals surface area contributed by atoms with Crippen LogP contribution in [-0.4, -0.2) is 12.6 Å². The predicted octanol–water partition coefficient (Wildman–Crippen LogP) is 3.32. The summed E-state index contributed by atoms with van der Waals surface area (Å²) in [5.41, 5.74) is 5.78. The Labute approximate surface area is 98.6 Å². The van der Waals surface area contributed by atoms with E-state index in [2.05, 4.69) is 50.4 Å². The molecule has 0 saturated carbocycles. The summed E-state index contributed by atoms with van der Waals surface area (Å²) >= 11 is 0. The molecular formula is C15H21N. The van der Waals surface area contributed by atoms with Crippen LogP contribution in [0, 0.1) is 6.92 Å². The Balaban J connectivity index is 2.51. The van der Waals surface area contributed by atoms with E-state index in [4.69, 9.17) is 0 Å². The molecule has 1 heteroatoms. The van der Waals surface area contributed by atoms with Crippen molar-refractivity contribution in [2.75, 3.05) is 7.05 Å². The first-order valence-electron chi connectivity index (χ1n) is 6.04. The zero-order valence-electron chi connectivity index (χ0n) is 10.7. The third-order valence-electron chi connectivity index (χ3n) is 3.62. The quantitative estimate of drug-likeness (QED) is 0.798. The molecule has 1 aromatic carbocycles. The molecule has 0 amide bonds. The molecule has 1 N–H and O–H groups in total. The van der Waals surface area contributed by atoms with Gasteiger partial charge in [-0.25, -0.2) is 0 Å². The number of allylic oxidation sites excluding steroid dienone is 1. The molecule has 0 atom stereocenters. The summed E-state index contributed by atoms with van der Waals surface area (Å²) in [6, 6.07) is 6.82. The molecule has 1 aliphatic rings. The Hall–Kier alpha value is -1.08. The maximum absolute atomic E-state index is 3.40. The van der Waals surface area contributed by atoms with Gasteiger partial charge in [-0.3, -0.25) is 0 Å². The molecule has 0 bridgehead atoms. The van der Waals surface area contributed by atoms with Crippen molar-refractivity contribution in [1.29, 1.82) is 0 Å². The summed E-state index contributed by atoms with van der Waals surface area (Å²) in [5, 5.41) is 3.40. The number of hydrogen-bond donors (Lipinski definition) is 1. The third-order valence-corrected chi connectivity index (χ3v) is 3.62. The van der Waals surface area contributed by atoms with Crippen molar-refractivity contribution in [2.24, 2.45) is 0 Å². The van der Waals surface area contributed by atoms with Crippen molar-refractivity contribution in [1.82, 2.24) is 5.32 Å². The lowest BCUT2D eigenvalue weighted by molar-refractivity contribution is 0.541. The van der Waals surface area contributed by atoms with Crippen LogP contribution in [0.25, 0.3) is 5.57 Å². The number of aryl methyl sites for hydroxylation is 2. The molecule has 0 radical (unpaired) electrons. The SMILES string of the molecule is CNC(C)(C)C1=CCCc2ccc(C)cc21. The van der Waals surface area contributed by atoms with Gasteiger partial charge in [0.2, 0.25) is 0 Å². The van der Waals surface area contributed by atoms with Crippen LogP contribution in [0.2, 0.25) is 0 Å². The van der Waals surface area contributed by atoms with Crippen LogP contribution in [-0.2, 0) is 6.42 Å². The smallest absolute Gasteiger partial charge is 0.0377 e. The minimum absolute atomic E-state index is 0.0585. The van der Waals surface area contributed by atoms with E-state index in [0.717, 1.165) is 6.42 Å². The largest absolute Gasteiger partial charge is 0.311 e.